The van der Waals surface area contributed by atoms with Crippen LogP contribution in [0.5, 0.6) is 0 Å². The van der Waals surface area contributed by atoms with Gasteiger partial charge in [-0.1, -0.05) is 6.07 Å². The number of aromatic nitrogens is 7. The van der Waals surface area contributed by atoms with Gasteiger partial charge in [0.25, 0.3) is 5.91 Å². The molecule has 1 fully saturated rings. The maximum absolute atomic E-state index is 14.6. The van der Waals surface area contributed by atoms with Crippen LogP contribution in [0, 0.1) is 6.92 Å². The lowest BCUT2D eigenvalue weighted by Gasteiger charge is -2.24. The standard InChI is InChI=1S/C26H23FN10O3/c1-13-6-18-23(30-12-29-18)25(33-13)34-26(40)20-8-16(27)10-36(20)21(38)11-37-19-3-2-14(15-4-5-31-32-9-15)7-17(19)22(35-37)24(28)39/h2-7,9,12,16,20,33H,8,10-11H2,1H3,(H2,28,39)(H,34,40). The molecule has 0 aliphatic carbocycles. The molecule has 4 N–H and O–H groups in total. The highest BCUT2D eigenvalue weighted by atomic mass is 19.1. The quantitative estimate of drug-likeness (QED) is 0.290. The summed E-state index contributed by atoms with van der Waals surface area (Å²) in [5.41, 5.74) is 9.36. The number of nitrogens with two attached hydrogens (primary N) is 1. The van der Waals surface area contributed by atoms with Crippen LogP contribution in [0.25, 0.3) is 33.4 Å². The largest absolute Gasteiger partial charge is 0.364 e. The molecular formula is C26H23FN10O3. The Kier molecular flexibility index (Phi) is 6.13. The van der Waals surface area contributed by atoms with E-state index in [9.17, 15) is 18.8 Å². The van der Waals surface area contributed by atoms with Crippen LogP contribution < -0.4 is 11.1 Å². The van der Waals surface area contributed by atoms with E-state index in [0.717, 1.165) is 16.8 Å². The molecule has 3 aliphatic heterocycles. The van der Waals surface area contributed by atoms with Crippen LogP contribution in [-0.2, 0) is 16.1 Å². The first-order valence-corrected chi connectivity index (χ1v) is 12.4. The fourth-order valence-corrected chi connectivity index (χ4v) is 5.02. The number of carbonyl (C=O) groups excluding carboxylic acids is 3. The van der Waals surface area contributed by atoms with Crippen LogP contribution >= 0.6 is 0 Å². The van der Waals surface area contributed by atoms with E-state index in [1.807, 2.05) is 0 Å². The summed E-state index contributed by atoms with van der Waals surface area (Å²) >= 11 is 0. The first kappa shape index (κ1) is 25.0. The van der Waals surface area contributed by atoms with Gasteiger partial charge in [0.2, 0.25) is 11.8 Å². The third kappa shape index (κ3) is 4.48. The summed E-state index contributed by atoms with van der Waals surface area (Å²) in [6.07, 6.45) is 2.96. The summed E-state index contributed by atoms with van der Waals surface area (Å²) in [6, 6.07) is 7.73. The van der Waals surface area contributed by atoms with Crippen LogP contribution in [0.15, 0.2) is 49.1 Å². The van der Waals surface area contributed by atoms with Crippen molar-refractivity contribution < 1.29 is 18.8 Å². The van der Waals surface area contributed by atoms with E-state index < -0.39 is 29.9 Å². The molecule has 1 saturated heterocycles. The lowest BCUT2D eigenvalue weighted by atomic mass is 10.0. The molecular weight excluding hydrogens is 519 g/mol. The molecule has 0 spiro atoms. The summed E-state index contributed by atoms with van der Waals surface area (Å²) in [4.78, 5) is 51.4. The van der Waals surface area contributed by atoms with Crippen LogP contribution in [-0.4, -0.2) is 76.3 Å². The summed E-state index contributed by atoms with van der Waals surface area (Å²) in [5, 5.41) is 15.1. The molecule has 13 nitrogen and oxygen atoms in total. The molecule has 3 aromatic rings. The van der Waals surface area contributed by atoms with Crippen LogP contribution in [0.2, 0.25) is 0 Å². The Morgan fingerprint density at radius 2 is 2.00 bits per heavy atom. The van der Waals surface area contributed by atoms with Crippen molar-refractivity contribution in [1.29, 1.82) is 0 Å². The Labute approximate surface area is 226 Å². The second-order valence-electron chi connectivity index (χ2n) is 9.55. The van der Waals surface area contributed by atoms with E-state index >= 15 is 0 Å². The third-order valence-corrected chi connectivity index (χ3v) is 6.85. The van der Waals surface area contributed by atoms with Crippen molar-refractivity contribution in [1.82, 2.24) is 39.8 Å². The van der Waals surface area contributed by atoms with Crippen LogP contribution in [0.3, 0.4) is 0 Å². The Morgan fingerprint density at radius 3 is 2.77 bits per heavy atom. The Bertz CT molecular complexity index is 1730. The minimum absolute atomic E-state index is 0.0134. The monoisotopic (exact) mass is 542 g/mol. The minimum atomic E-state index is -1.38. The minimum Gasteiger partial charge on any atom is -0.364 e. The number of carbonyl (C=O) groups is 3. The number of aryl methyl sites for hydroxylation is 1. The predicted octanol–water partition coefficient (Wildman–Crippen LogP) is 1.70. The fourth-order valence-electron chi connectivity index (χ4n) is 5.02. The molecule has 1 aromatic carbocycles. The second kappa shape index (κ2) is 9.80. The van der Waals surface area contributed by atoms with Crippen molar-refractivity contribution in [3.63, 3.8) is 0 Å². The number of aromatic amines is 1. The number of hydrogen-bond acceptors (Lipinski definition) is 8. The van der Waals surface area contributed by atoms with E-state index in [4.69, 9.17) is 5.73 Å². The van der Waals surface area contributed by atoms with Crippen molar-refractivity contribution in [2.24, 2.45) is 5.73 Å². The van der Waals surface area contributed by atoms with Crippen molar-refractivity contribution in [3.05, 3.63) is 60.4 Å². The van der Waals surface area contributed by atoms with Crippen molar-refractivity contribution in [2.45, 2.75) is 32.1 Å². The molecule has 202 valence electrons. The topological polar surface area (TPSA) is 178 Å². The van der Waals surface area contributed by atoms with Crippen LogP contribution in [0.4, 0.5) is 10.2 Å². The number of hydrogen-bond donors (Lipinski definition) is 3. The smallest absolute Gasteiger partial charge is 0.269 e. The van der Waals surface area contributed by atoms with E-state index in [2.05, 4.69) is 35.6 Å². The maximum Gasteiger partial charge on any atom is 0.269 e. The number of rotatable bonds is 6. The second-order valence-corrected chi connectivity index (χ2v) is 9.55. The molecule has 0 bridgehead atoms. The summed E-state index contributed by atoms with van der Waals surface area (Å²) in [7, 11) is 0. The average Bonchev–Trinajstić information content (AvgIpc) is 3.66. The highest BCUT2D eigenvalue weighted by Crippen LogP contribution is 2.29. The van der Waals surface area contributed by atoms with Crippen molar-refractivity contribution in [3.8, 4) is 22.5 Å². The molecule has 6 rings (SSSR count). The number of fused-ring (bicyclic) bond motifs is 2. The molecule has 2 atom stereocenters. The SMILES string of the molecule is Cc1cc2ncnc-2c(NC(=O)C2CC(F)CN2C(=O)Cn2nc(C(N)=O)c3cc(-c4ccnnc4)ccc32)[nH]1. The Hall–Kier alpha value is -5.27. The number of primary amides is 1. The van der Waals surface area contributed by atoms with Gasteiger partial charge in [0.05, 0.1) is 30.1 Å². The average molecular weight is 543 g/mol. The molecule has 14 heteroatoms. The van der Waals surface area contributed by atoms with Gasteiger partial charge >= 0.3 is 0 Å². The first-order valence-electron chi connectivity index (χ1n) is 12.4. The van der Waals surface area contributed by atoms with Gasteiger partial charge in [-0.15, -0.1) is 0 Å². The highest BCUT2D eigenvalue weighted by Gasteiger charge is 2.40. The number of amides is 3. The Morgan fingerprint density at radius 1 is 1.15 bits per heavy atom. The van der Waals surface area contributed by atoms with E-state index in [1.165, 1.54) is 15.9 Å². The van der Waals surface area contributed by atoms with Gasteiger partial charge in [-0.2, -0.15) is 15.3 Å². The van der Waals surface area contributed by atoms with Gasteiger partial charge < -0.3 is 20.9 Å². The van der Waals surface area contributed by atoms with E-state index in [-0.39, 0.29) is 25.2 Å². The number of pyridine rings is 1. The number of alkyl halides is 1. The molecule has 3 aliphatic rings. The third-order valence-electron chi connectivity index (χ3n) is 6.85. The molecule has 0 radical (unpaired) electrons. The maximum atomic E-state index is 14.6. The summed E-state index contributed by atoms with van der Waals surface area (Å²) < 4.78 is 15.9. The fraction of sp³-hybridized carbons (Fsp3) is 0.231. The van der Waals surface area contributed by atoms with Gasteiger partial charge in [0.15, 0.2) is 5.69 Å². The summed E-state index contributed by atoms with van der Waals surface area (Å²) in [5.74, 6) is -1.54. The van der Waals surface area contributed by atoms with E-state index in [1.54, 1.807) is 49.6 Å². The molecule has 0 saturated carbocycles. The number of benzene rings is 1. The number of halogens is 1. The lowest BCUT2D eigenvalue weighted by molar-refractivity contribution is -0.137. The number of nitrogens with zero attached hydrogens (tertiary/aromatic N) is 7. The Balaban J connectivity index is 1.26. The van der Waals surface area contributed by atoms with Gasteiger partial charge in [0.1, 0.15) is 36.6 Å². The zero-order valence-electron chi connectivity index (χ0n) is 21.2. The predicted molar refractivity (Wildman–Crippen MR) is 141 cm³/mol. The zero-order chi connectivity index (χ0) is 28.0. The zero-order valence-corrected chi connectivity index (χ0v) is 21.2. The number of anilines is 1. The van der Waals surface area contributed by atoms with Crippen LogP contribution in [0.1, 0.15) is 22.6 Å². The number of nitrogens with one attached hydrogen (secondary N) is 2. The molecule has 2 unspecified atom stereocenters. The highest BCUT2D eigenvalue weighted by molar-refractivity contribution is 6.05. The van der Waals surface area contributed by atoms with E-state index in [0.29, 0.717) is 28.1 Å². The lowest BCUT2D eigenvalue weighted by Crippen LogP contribution is -2.44. The van der Waals surface area contributed by atoms with Gasteiger partial charge in [-0.25, -0.2) is 14.4 Å². The molecule has 3 amide bonds. The van der Waals surface area contributed by atoms with Crippen molar-refractivity contribution >= 4 is 34.4 Å². The molecule has 2 aromatic heterocycles. The van der Waals surface area contributed by atoms with Crippen molar-refractivity contribution in [2.75, 3.05) is 11.9 Å². The van der Waals surface area contributed by atoms with Gasteiger partial charge in [-0.05, 0) is 36.8 Å². The molecule has 5 heterocycles. The van der Waals surface area contributed by atoms with Gasteiger partial charge in [-0.3, -0.25) is 19.1 Å². The first-order chi connectivity index (χ1) is 19.3. The number of likely N-dealkylation sites (tertiary alicyclic amines) is 1. The summed E-state index contributed by atoms with van der Waals surface area (Å²) in [6.45, 7) is 1.23. The normalized spacial score (nSPS) is 17.0. The number of imidazole rings is 1. The molecule has 40 heavy (non-hydrogen) atoms. The number of H-pyrrole nitrogens is 1. The van der Waals surface area contributed by atoms with Gasteiger partial charge in [0, 0.05) is 23.1 Å².